The van der Waals surface area contributed by atoms with E-state index in [0.717, 1.165) is 30.5 Å². The lowest BCUT2D eigenvalue weighted by atomic mass is 10.0. The number of rotatable bonds is 3. The Morgan fingerprint density at radius 3 is 2.84 bits per heavy atom. The average molecular weight is 376 g/mol. The van der Waals surface area contributed by atoms with Crippen LogP contribution in [0.15, 0.2) is 59.8 Å². The first-order chi connectivity index (χ1) is 11.6. The number of aromatic nitrogens is 1. The van der Waals surface area contributed by atoms with Gasteiger partial charge in [-0.1, -0.05) is 18.2 Å². The summed E-state index contributed by atoms with van der Waals surface area (Å²) >= 11 is 0. The minimum Gasteiger partial charge on any atom is -0.312 e. The Labute approximate surface area is 152 Å². The van der Waals surface area contributed by atoms with Crippen LogP contribution in [0.5, 0.6) is 0 Å². The van der Waals surface area contributed by atoms with Crippen LogP contribution in [0, 0.1) is 0 Å². The summed E-state index contributed by atoms with van der Waals surface area (Å²) in [5.41, 5.74) is 3.00. The largest absolute Gasteiger partial charge is 0.312 e. The third-order valence-corrected chi connectivity index (χ3v) is 5.71. The van der Waals surface area contributed by atoms with Gasteiger partial charge in [0, 0.05) is 35.4 Å². The monoisotopic (exact) mass is 375 g/mol. The zero-order valence-electron chi connectivity index (χ0n) is 13.4. The molecule has 1 aliphatic rings. The molecule has 0 bridgehead atoms. The van der Waals surface area contributed by atoms with E-state index < -0.39 is 10.0 Å². The molecule has 2 aromatic carbocycles. The van der Waals surface area contributed by atoms with Gasteiger partial charge >= 0.3 is 0 Å². The van der Waals surface area contributed by atoms with E-state index in [2.05, 4.69) is 15.0 Å². The number of anilines is 1. The van der Waals surface area contributed by atoms with Crippen molar-refractivity contribution in [1.82, 2.24) is 10.3 Å². The van der Waals surface area contributed by atoms with Crippen LogP contribution < -0.4 is 10.0 Å². The van der Waals surface area contributed by atoms with Gasteiger partial charge in [-0.05, 0) is 48.4 Å². The Kier molecular flexibility index (Phi) is 4.94. The van der Waals surface area contributed by atoms with E-state index in [1.165, 1.54) is 5.56 Å². The Bertz CT molecular complexity index is 1020. The van der Waals surface area contributed by atoms with Crippen LogP contribution in [0.2, 0.25) is 0 Å². The zero-order valence-corrected chi connectivity index (χ0v) is 15.0. The summed E-state index contributed by atoms with van der Waals surface area (Å²) in [7, 11) is -3.66. The first kappa shape index (κ1) is 17.7. The van der Waals surface area contributed by atoms with E-state index in [9.17, 15) is 8.42 Å². The molecule has 0 saturated carbocycles. The number of fused-ring (bicyclic) bond motifs is 2. The molecule has 7 heteroatoms. The quantitative estimate of drug-likeness (QED) is 0.738. The molecule has 4 rings (SSSR count). The SMILES string of the molecule is Cl.O=S(=O)(Nc1ccc2c(c1)CNCC2)c1cccc2cnccc12. The van der Waals surface area contributed by atoms with Crippen LogP contribution in [-0.2, 0) is 23.0 Å². The first-order valence-electron chi connectivity index (χ1n) is 7.81. The van der Waals surface area contributed by atoms with Gasteiger partial charge in [0.1, 0.15) is 0 Å². The predicted octanol–water partition coefficient (Wildman–Crippen LogP) is 3.10. The van der Waals surface area contributed by atoms with Crippen LogP contribution in [-0.4, -0.2) is 19.9 Å². The summed E-state index contributed by atoms with van der Waals surface area (Å²) in [5.74, 6) is 0. The van der Waals surface area contributed by atoms with Crippen molar-refractivity contribution in [2.75, 3.05) is 11.3 Å². The second kappa shape index (κ2) is 7.00. The predicted molar refractivity (Wildman–Crippen MR) is 102 cm³/mol. The van der Waals surface area contributed by atoms with Crippen LogP contribution in [0.3, 0.4) is 0 Å². The van der Waals surface area contributed by atoms with Gasteiger partial charge in [-0.15, -0.1) is 12.4 Å². The molecule has 0 aliphatic carbocycles. The van der Waals surface area contributed by atoms with Gasteiger partial charge in [0.05, 0.1) is 4.90 Å². The Hall–Kier alpha value is -2.15. The van der Waals surface area contributed by atoms with Crippen LogP contribution in [0.4, 0.5) is 5.69 Å². The van der Waals surface area contributed by atoms with E-state index in [1.54, 1.807) is 30.6 Å². The minimum atomic E-state index is -3.66. The Balaban J connectivity index is 0.00000182. The van der Waals surface area contributed by atoms with Gasteiger partial charge in [0.25, 0.3) is 10.0 Å². The molecule has 5 nitrogen and oxygen atoms in total. The molecule has 0 radical (unpaired) electrons. The van der Waals surface area contributed by atoms with Gasteiger partial charge in [-0.2, -0.15) is 0 Å². The maximum absolute atomic E-state index is 12.8. The highest BCUT2D eigenvalue weighted by molar-refractivity contribution is 7.93. The molecule has 1 aromatic heterocycles. The molecule has 0 unspecified atom stereocenters. The topological polar surface area (TPSA) is 71.1 Å². The van der Waals surface area contributed by atoms with Gasteiger partial charge in [-0.25, -0.2) is 8.42 Å². The standard InChI is InChI=1S/C18H17N3O2S.ClH/c22-24(23,18-3-1-2-14-11-20-9-7-17(14)18)21-16-5-4-13-6-8-19-12-15(13)10-16;/h1-5,7,9-11,19,21H,6,8,12H2;1H. The Morgan fingerprint density at radius 1 is 1.08 bits per heavy atom. The summed E-state index contributed by atoms with van der Waals surface area (Å²) in [5, 5.41) is 4.77. The lowest BCUT2D eigenvalue weighted by Gasteiger charge is -2.18. The number of halogens is 1. The maximum Gasteiger partial charge on any atom is 0.262 e. The van der Waals surface area contributed by atoms with Crippen molar-refractivity contribution >= 4 is 38.9 Å². The second-order valence-electron chi connectivity index (χ2n) is 5.87. The molecule has 0 saturated heterocycles. The fraction of sp³-hybridized carbons (Fsp3) is 0.167. The Morgan fingerprint density at radius 2 is 1.96 bits per heavy atom. The summed E-state index contributed by atoms with van der Waals surface area (Å²) in [6.45, 7) is 1.73. The molecular weight excluding hydrogens is 358 g/mol. The molecule has 1 aliphatic heterocycles. The van der Waals surface area contributed by atoms with Gasteiger partial charge < -0.3 is 5.32 Å². The van der Waals surface area contributed by atoms with E-state index in [1.807, 2.05) is 24.3 Å². The highest BCUT2D eigenvalue weighted by Gasteiger charge is 2.18. The average Bonchev–Trinajstić information content (AvgIpc) is 2.61. The summed E-state index contributed by atoms with van der Waals surface area (Å²) < 4.78 is 28.4. The van der Waals surface area contributed by atoms with Crippen molar-refractivity contribution in [3.63, 3.8) is 0 Å². The summed E-state index contributed by atoms with van der Waals surface area (Å²) in [6.07, 6.45) is 4.24. The normalized spacial score (nSPS) is 13.8. The molecule has 130 valence electrons. The summed E-state index contributed by atoms with van der Waals surface area (Å²) in [6, 6.07) is 12.7. The molecule has 2 N–H and O–H groups in total. The number of pyridine rings is 1. The van der Waals surface area contributed by atoms with Gasteiger partial charge in [-0.3, -0.25) is 9.71 Å². The van der Waals surface area contributed by atoms with E-state index in [-0.39, 0.29) is 17.3 Å². The summed E-state index contributed by atoms with van der Waals surface area (Å²) in [4.78, 5) is 4.31. The van der Waals surface area contributed by atoms with Crippen molar-refractivity contribution in [3.8, 4) is 0 Å². The smallest absolute Gasteiger partial charge is 0.262 e. The molecule has 0 spiro atoms. The highest BCUT2D eigenvalue weighted by Crippen LogP contribution is 2.26. The molecular formula is C18H18ClN3O2S. The maximum atomic E-state index is 12.8. The molecule has 0 amide bonds. The van der Waals surface area contributed by atoms with E-state index in [0.29, 0.717) is 11.1 Å². The van der Waals surface area contributed by atoms with Crippen LogP contribution in [0.1, 0.15) is 11.1 Å². The molecule has 2 heterocycles. The zero-order chi connectivity index (χ0) is 16.6. The fourth-order valence-electron chi connectivity index (χ4n) is 3.08. The van der Waals surface area contributed by atoms with Crippen LogP contribution in [0.25, 0.3) is 10.8 Å². The number of benzene rings is 2. The third-order valence-electron chi connectivity index (χ3n) is 4.28. The van der Waals surface area contributed by atoms with E-state index in [4.69, 9.17) is 0 Å². The number of nitrogens with zero attached hydrogens (tertiary/aromatic N) is 1. The molecule has 0 fully saturated rings. The van der Waals surface area contributed by atoms with Gasteiger partial charge in [0.15, 0.2) is 0 Å². The number of hydrogen-bond acceptors (Lipinski definition) is 4. The van der Waals surface area contributed by atoms with Gasteiger partial charge in [0.2, 0.25) is 0 Å². The number of sulfonamides is 1. The van der Waals surface area contributed by atoms with Crippen LogP contribution >= 0.6 is 12.4 Å². The molecule has 0 atom stereocenters. The third kappa shape index (κ3) is 3.46. The van der Waals surface area contributed by atoms with Crippen molar-refractivity contribution in [2.45, 2.75) is 17.9 Å². The molecule has 25 heavy (non-hydrogen) atoms. The molecule has 3 aromatic rings. The van der Waals surface area contributed by atoms with Crippen molar-refractivity contribution < 1.29 is 8.42 Å². The highest BCUT2D eigenvalue weighted by atomic mass is 35.5. The van der Waals surface area contributed by atoms with Crippen molar-refractivity contribution in [2.24, 2.45) is 0 Å². The van der Waals surface area contributed by atoms with Crippen molar-refractivity contribution in [3.05, 3.63) is 66.0 Å². The fourth-order valence-corrected chi connectivity index (χ4v) is 4.36. The van der Waals surface area contributed by atoms with Crippen molar-refractivity contribution in [1.29, 1.82) is 0 Å². The first-order valence-corrected chi connectivity index (χ1v) is 9.30. The lowest BCUT2D eigenvalue weighted by Crippen LogP contribution is -2.23. The lowest BCUT2D eigenvalue weighted by molar-refractivity contribution is 0.602. The van der Waals surface area contributed by atoms with E-state index >= 15 is 0 Å². The number of nitrogens with one attached hydrogen (secondary N) is 2. The number of hydrogen-bond donors (Lipinski definition) is 2. The minimum absolute atomic E-state index is 0. The second-order valence-corrected chi connectivity index (χ2v) is 7.52.